The van der Waals surface area contributed by atoms with E-state index in [4.69, 9.17) is 5.73 Å². The lowest BCUT2D eigenvalue weighted by Crippen LogP contribution is -2.46. The van der Waals surface area contributed by atoms with E-state index in [0.717, 1.165) is 54.8 Å². The van der Waals surface area contributed by atoms with Gasteiger partial charge in [-0.25, -0.2) is 17.2 Å². The van der Waals surface area contributed by atoms with E-state index in [1.54, 1.807) is 26.0 Å². The number of carbonyl (C=O) groups is 2. The molecule has 1 aromatic heterocycles. The molecule has 0 unspecified atom stereocenters. The van der Waals surface area contributed by atoms with Crippen LogP contribution < -0.4 is 16.0 Å². The summed E-state index contributed by atoms with van der Waals surface area (Å²) in [5.74, 6) is -3.37. The molecule has 3 aromatic rings. The van der Waals surface area contributed by atoms with Crippen molar-refractivity contribution in [1.82, 2.24) is 19.4 Å². The number of piperazine rings is 1. The van der Waals surface area contributed by atoms with Gasteiger partial charge in [-0.3, -0.25) is 14.7 Å². The van der Waals surface area contributed by atoms with E-state index in [1.165, 1.54) is 6.07 Å². The molecule has 2 aliphatic rings. The summed E-state index contributed by atoms with van der Waals surface area (Å²) in [7, 11) is -4.30. The molecule has 11 nitrogen and oxygen atoms in total. The van der Waals surface area contributed by atoms with E-state index < -0.39 is 43.8 Å². The smallest absolute Gasteiger partial charge is 0.257 e. The van der Waals surface area contributed by atoms with Gasteiger partial charge in [-0.1, -0.05) is 20.8 Å². The van der Waals surface area contributed by atoms with Crippen LogP contribution in [-0.2, 0) is 22.0 Å². The highest BCUT2D eigenvalue weighted by atomic mass is 32.2. The van der Waals surface area contributed by atoms with Gasteiger partial charge in [0, 0.05) is 67.7 Å². The first-order chi connectivity index (χ1) is 19.8. The Morgan fingerprint density at radius 1 is 1.05 bits per heavy atom. The number of aromatic nitrogens is 2. The first kappa shape index (κ1) is 29.6. The quantitative estimate of drug-likeness (QED) is 0.378. The second kappa shape index (κ2) is 11.1. The van der Waals surface area contributed by atoms with Crippen molar-refractivity contribution in [3.05, 3.63) is 70.4 Å². The molecule has 14 heteroatoms. The number of rotatable bonds is 7. The molecule has 5 rings (SSSR count). The number of primary amides is 1. The SMILES string of the molecule is CCN1CCN(c2ccc(C(=O)Nc3n[nH]c4c3CN(S(=O)(=O)c3cc(F)cc(F)c3)CC4(C)C)c(C(N)=O)c2)CC1. The molecular weight excluding hydrogens is 568 g/mol. The molecule has 3 heterocycles. The van der Waals surface area contributed by atoms with Gasteiger partial charge in [0.2, 0.25) is 15.9 Å². The van der Waals surface area contributed by atoms with Crippen molar-refractivity contribution in [2.45, 2.75) is 37.6 Å². The van der Waals surface area contributed by atoms with Gasteiger partial charge in [0.25, 0.3) is 5.91 Å². The standard InChI is InChI=1S/C28H33F2N7O4S/c1-4-35-7-9-36(10-8-35)19-5-6-21(22(14-19)25(31)38)27(39)32-26-23-15-37(16-28(2,3)24(23)33-34-26)42(40,41)20-12-17(29)11-18(30)13-20/h5-6,11-14H,4,7-10,15-16H2,1-3H3,(H2,31,38)(H2,32,33,34,39). The Hall–Kier alpha value is -3.88. The van der Waals surface area contributed by atoms with E-state index >= 15 is 0 Å². The molecule has 224 valence electrons. The second-order valence-corrected chi connectivity index (χ2v) is 13.1. The molecule has 1 saturated heterocycles. The Morgan fingerprint density at radius 2 is 1.71 bits per heavy atom. The van der Waals surface area contributed by atoms with Gasteiger partial charge in [-0.2, -0.15) is 9.40 Å². The van der Waals surface area contributed by atoms with Gasteiger partial charge in [-0.15, -0.1) is 0 Å². The summed E-state index contributed by atoms with van der Waals surface area (Å²) < 4.78 is 55.6. The van der Waals surface area contributed by atoms with Crippen molar-refractivity contribution in [3.63, 3.8) is 0 Å². The maximum Gasteiger partial charge on any atom is 0.257 e. The molecule has 0 aliphatic carbocycles. The molecule has 1 fully saturated rings. The van der Waals surface area contributed by atoms with Crippen LogP contribution in [0.2, 0.25) is 0 Å². The predicted octanol–water partition coefficient (Wildman–Crippen LogP) is 2.66. The lowest BCUT2D eigenvalue weighted by molar-refractivity contribution is 0.0977. The zero-order valence-electron chi connectivity index (χ0n) is 23.6. The summed E-state index contributed by atoms with van der Waals surface area (Å²) >= 11 is 0. The number of amides is 2. The summed E-state index contributed by atoms with van der Waals surface area (Å²) in [5, 5.41) is 9.81. The average molecular weight is 602 g/mol. The number of aromatic amines is 1. The van der Waals surface area contributed by atoms with Crippen LogP contribution in [0.3, 0.4) is 0 Å². The highest BCUT2D eigenvalue weighted by Gasteiger charge is 2.41. The van der Waals surface area contributed by atoms with Crippen molar-refractivity contribution >= 4 is 33.3 Å². The zero-order chi connectivity index (χ0) is 30.4. The molecule has 0 radical (unpaired) electrons. The fourth-order valence-corrected chi connectivity index (χ4v) is 7.17. The van der Waals surface area contributed by atoms with E-state index in [9.17, 15) is 26.8 Å². The summed E-state index contributed by atoms with van der Waals surface area (Å²) in [6.07, 6.45) is 0. The predicted molar refractivity (Wildman–Crippen MR) is 153 cm³/mol. The first-order valence-electron chi connectivity index (χ1n) is 13.6. The van der Waals surface area contributed by atoms with Crippen LogP contribution in [0.1, 0.15) is 52.7 Å². The van der Waals surface area contributed by atoms with Gasteiger partial charge >= 0.3 is 0 Å². The number of likely N-dealkylation sites (N-methyl/N-ethyl adjacent to an activating group) is 1. The Balaban J connectivity index is 1.42. The maximum absolute atomic E-state index is 13.9. The number of anilines is 2. The number of nitrogens with zero attached hydrogens (tertiary/aromatic N) is 4. The number of sulfonamides is 1. The average Bonchev–Trinajstić information content (AvgIpc) is 3.35. The largest absolute Gasteiger partial charge is 0.369 e. The number of fused-ring (bicyclic) bond motifs is 1. The van der Waals surface area contributed by atoms with Gasteiger partial charge < -0.3 is 20.9 Å². The maximum atomic E-state index is 13.9. The molecule has 0 atom stereocenters. The third-order valence-corrected chi connectivity index (χ3v) is 9.62. The number of benzene rings is 2. The van der Waals surface area contributed by atoms with E-state index in [-0.39, 0.29) is 30.0 Å². The lowest BCUT2D eigenvalue weighted by atomic mass is 9.84. The van der Waals surface area contributed by atoms with Crippen molar-refractivity contribution in [1.29, 1.82) is 0 Å². The van der Waals surface area contributed by atoms with Crippen LogP contribution in [0.25, 0.3) is 0 Å². The Kier molecular flexibility index (Phi) is 7.81. The van der Waals surface area contributed by atoms with E-state index in [0.29, 0.717) is 17.3 Å². The monoisotopic (exact) mass is 601 g/mol. The molecule has 0 bridgehead atoms. The molecular formula is C28H33F2N7O4S. The number of hydrogen-bond acceptors (Lipinski definition) is 7. The Bertz CT molecular complexity index is 1630. The third-order valence-electron chi connectivity index (χ3n) is 7.85. The normalized spacial score (nSPS) is 17.6. The fraction of sp³-hybridized carbons (Fsp3) is 0.393. The summed E-state index contributed by atoms with van der Waals surface area (Å²) in [5.41, 5.74) is 6.75. The van der Waals surface area contributed by atoms with Gasteiger partial charge in [0.1, 0.15) is 11.6 Å². The van der Waals surface area contributed by atoms with E-state index in [2.05, 4.69) is 32.2 Å². The van der Waals surface area contributed by atoms with Crippen LogP contribution in [0.4, 0.5) is 20.3 Å². The van der Waals surface area contributed by atoms with Gasteiger partial charge in [0.05, 0.1) is 16.0 Å². The topological polar surface area (TPSA) is 145 Å². The van der Waals surface area contributed by atoms with Gasteiger partial charge in [-0.05, 0) is 36.9 Å². The molecule has 2 amide bonds. The number of carbonyl (C=O) groups excluding carboxylic acids is 2. The molecule has 2 aromatic carbocycles. The number of halogens is 2. The van der Waals surface area contributed by atoms with Crippen molar-refractivity contribution in [3.8, 4) is 0 Å². The van der Waals surface area contributed by atoms with Crippen LogP contribution in [-0.4, -0.2) is 78.9 Å². The number of nitrogens with one attached hydrogen (secondary N) is 2. The number of hydrogen-bond donors (Lipinski definition) is 3. The Morgan fingerprint density at radius 3 is 2.33 bits per heavy atom. The van der Waals surface area contributed by atoms with Crippen molar-refractivity contribution < 1.29 is 26.8 Å². The van der Waals surface area contributed by atoms with Crippen LogP contribution in [0, 0.1) is 11.6 Å². The second-order valence-electron chi connectivity index (χ2n) is 11.2. The molecule has 0 saturated carbocycles. The minimum absolute atomic E-state index is 0.00412. The summed E-state index contributed by atoms with van der Waals surface area (Å²) in [6.45, 7) is 9.73. The minimum atomic E-state index is -4.30. The van der Waals surface area contributed by atoms with Crippen LogP contribution >= 0.6 is 0 Å². The molecule has 2 aliphatic heterocycles. The number of H-pyrrole nitrogens is 1. The number of nitrogens with two attached hydrogens (primary N) is 1. The molecule has 4 N–H and O–H groups in total. The van der Waals surface area contributed by atoms with Crippen LogP contribution in [0.15, 0.2) is 41.3 Å². The highest BCUT2D eigenvalue weighted by molar-refractivity contribution is 7.89. The first-order valence-corrected chi connectivity index (χ1v) is 15.0. The molecule has 42 heavy (non-hydrogen) atoms. The summed E-state index contributed by atoms with van der Waals surface area (Å²) in [6, 6.07) is 7.03. The third kappa shape index (κ3) is 5.61. The molecule has 0 spiro atoms. The lowest BCUT2D eigenvalue weighted by Gasteiger charge is -2.37. The zero-order valence-corrected chi connectivity index (χ0v) is 24.4. The van der Waals surface area contributed by atoms with Gasteiger partial charge in [0.15, 0.2) is 5.82 Å². The summed E-state index contributed by atoms with van der Waals surface area (Å²) in [4.78, 5) is 29.7. The van der Waals surface area contributed by atoms with E-state index in [1.807, 2.05) is 0 Å². The fourth-order valence-electron chi connectivity index (χ4n) is 5.56. The Labute approximate surface area is 242 Å². The van der Waals surface area contributed by atoms with Crippen LogP contribution in [0.5, 0.6) is 0 Å². The highest BCUT2D eigenvalue weighted by Crippen LogP contribution is 2.38. The van der Waals surface area contributed by atoms with Crippen molar-refractivity contribution in [2.24, 2.45) is 5.73 Å². The van der Waals surface area contributed by atoms with Crippen molar-refractivity contribution in [2.75, 3.05) is 49.5 Å². The minimum Gasteiger partial charge on any atom is -0.369 e.